The summed E-state index contributed by atoms with van der Waals surface area (Å²) < 4.78 is 6.35. The van der Waals surface area contributed by atoms with Crippen molar-refractivity contribution < 1.29 is 19.1 Å². The zero-order valence-corrected chi connectivity index (χ0v) is 20.5. The van der Waals surface area contributed by atoms with Gasteiger partial charge in [-0.05, 0) is 48.4 Å². The maximum absolute atomic E-state index is 12.6. The van der Waals surface area contributed by atoms with Gasteiger partial charge in [-0.15, -0.1) is 11.3 Å². The molecule has 2 N–H and O–H groups in total. The molecule has 0 spiro atoms. The topological polar surface area (TPSA) is 96.9 Å². The molecule has 4 aromatic rings. The van der Waals surface area contributed by atoms with E-state index in [-0.39, 0.29) is 5.75 Å². The van der Waals surface area contributed by atoms with Crippen LogP contribution >= 0.6 is 34.5 Å². The smallest absolute Gasteiger partial charge is 0.355 e. The molecule has 35 heavy (non-hydrogen) atoms. The van der Waals surface area contributed by atoms with Crippen LogP contribution in [-0.2, 0) is 9.59 Å². The van der Waals surface area contributed by atoms with Crippen LogP contribution in [0.15, 0.2) is 71.8 Å². The molecule has 0 bridgehead atoms. The second kappa shape index (κ2) is 10.7. The molecule has 0 fully saturated rings. The average Bonchev–Trinajstić information content (AvgIpc) is 3.18. The summed E-state index contributed by atoms with van der Waals surface area (Å²) in [7, 11) is 0. The number of anilines is 1. The summed E-state index contributed by atoms with van der Waals surface area (Å²) >= 11 is 13.6. The summed E-state index contributed by atoms with van der Waals surface area (Å²) in [6.07, 6.45) is 1.32. The molecule has 0 aliphatic heterocycles. The minimum absolute atomic E-state index is 0.271. The van der Waals surface area contributed by atoms with E-state index in [0.29, 0.717) is 26.2 Å². The molecule has 0 atom stereocenters. The molecular weight excluding hydrogens is 509 g/mol. The van der Waals surface area contributed by atoms with Gasteiger partial charge in [-0.3, -0.25) is 9.59 Å². The van der Waals surface area contributed by atoms with E-state index >= 15 is 0 Å². The first kappa shape index (κ1) is 24.4. The van der Waals surface area contributed by atoms with Gasteiger partial charge >= 0.3 is 17.8 Å². The summed E-state index contributed by atoms with van der Waals surface area (Å²) in [5.41, 5.74) is 3.91. The normalized spacial score (nSPS) is 10.9. The van der Waals surface area contributed by atoms with Crippen LogP contribution in [0.4, 0.5) is 5.69 Å². The first-order chi connectivity index (χ1) is 16.8. The van der Waals surface area contributed by atoms with Gasteiger partial charge in [0.2, 0.25) is 0 Å². The molecule has 7 nitrogen and oxygen atoms in total. The third-order valence-electron chi connectivity index (χ3n) is 4.80. The zero-order chi connectivity index (χ0) is 24.9. The lowest BCUT2D eigenvalue weighted by Crippen LogP contribution is -2.32. The Morgan fingerprint density at radius 2 is 1.77 bits per heavy atom. The third kappa shape index (κ3) is 5.86. The molecule has 2 amide bonds. The molecule has 0 aliphatic carbocycles. The number of fused-ring (bicyclic) bond motifs is 1. The molecule has 176 valence electrons. The van der Waals surface area contributed by atoms with E-state index in [4.69, 9.17) is 27.9 Å². The SMILES string of the molecule is Cc1ccc(NC(=O)C(=O)N/N=C/c2cccc(OC(=O)c3sc4ccccc4c3Cl)c2)cc1Cl. The van der Waals surface area contributed by atoms with Gasteiger partial charge in [-0.1, -0.05) is 59.6 Å². The van der Waals surface area contributed by atoms with Crippen LogP contribution in [0.5, 0.6) is 5.75 Å². The molecule has 1 aromatic heterocycles. The highest BCUT2D eigenvalue weighted by atomic mass is 35.5. The minimum Gasteiger partial charge on any atom is -0.422 e. The van der Waals surface area contributed by atoms with E-state index in [0.717, 1.165) is 15.6 Å². The van der Waals surface area contributed by atoms with Crippen molar-refractivity contribution in [3.8, 4) is 5.75 Å². The molecule has 0 saturated carbocycles. The number of esters is 1. The number of nitrogens with zero attached hydrogens (tertiary/aromatic N) is 1. The van der Waals surface area contributed by atoms with Gasteiger partial charge in [0, 0.05) is 20.8 Å². The molecule has 1 heterocycles. The average molecular weight is 526 g/mol. The van der Waals surface area contributed by atoms with Crippen LogP contribution in [0, 0.1) is 6.92 Å². The third-order valence-corrected chi connectivity index (χ3v) is 6.87. The van der Waals surface area contributed by atoms with Crippen LogP contribution < -0.4 is 15.5 Å². The van der Waals surface area contributed by atoms with Gasteiger partial charge in [0.25, 0.3) is 0 Å². The lowest BCUT2D eigenvalue weighted by molar-refractivity contribution is -0.136. The van der Waals surface area contributed by atoms with Crippen molar-refractivity contribution in [3.05, 3.63) is 92.8 Å². The molecule has 0 radical (unpaired) electrons. The van der Waals surface area contributed by atoms with Gasteiger partial charge in [-0.25, -0.2) is 10.2 Å². The van der Waals surface area contributed by atoms with Crippen molar-refractivity contribution in [2.75, 3.05) is 5.32 Å². The van der Waals surface area contributed by atoms with Crippen LogP contribution in [0.3, 0.4) is 0 Å². The number of thiophene rings is 1. The Morgan fingerprint density at radius 1 is 0.971 bits per heavy atom. The number of halogens is 2. The highest BCUT2D eigenvalue weighted by Gasteiger charge is 2.19. The summed E-state index contributed by atoms with van der Waals surface area (Å²) in [6, 6.07) is 18.9. The monoisotopic (exact) mass is 525 g/mol. The Balaban J connectivity index is 1.36. The number of ether oxygens (including phenoxy) is 1. The maximum Gasteiger partial charge on any atom is 0.355 e. The molecule has 0 aliphatic rings. The second-order valence-electron chi connectivity index (χ2n) is 7.32. The molecule has 4 rings (SSSR count). The summed E-state index contributed by atoms with van der Waals surface area (Å²) in [4.78, 5) is 37.0. The van der Waals surface area contributed by atoms with Crippen molar-refractivity contribution in [2.24, 2.45) is 5.10 Å². The van der Waals surface area contributed by atoms with Crippen molar-refractivity contribution >= 4 is 74.3 Å². The van der Waals surface area contributed by atoms with Crippen molar-refractivity contribution in [3.63, 3.8) is 0 Å². The van der Waals surface area contributed by atoms with Gasteiger partial charge in [-0.2, -0.15) is 5.10 Å². The first-order valence-electron chi connectivity index (χ1n) is 10.2. The van der Waals surface area contributed by atoms with Crippen LogP contribution in [-0.4, -0.2) is 24.0 Å². The minimum atomic E-state index is -0.958. The fourth-order valence-electron chi connectivity index (χ4n) is 3.03. The van der Waals surface area contributed by atoms with Crippen molar-refractivity contribution in [1.82, 2.24) is 5.43 Å². The number of benzene rings is 3. The number of hydrogen-bond acceptors (Lipinski definition) is 6. The molecular formula is C25H17Cl2N3O4S. The maximum atomic E-state index is 12.6. The van der Waals surface area contributed by atoms with Crippen molar-refractivity contribution in [1.29, 1.82) is 0 Å². The number of carbonyl (C=O) groups excluding carboxylic acids is 3. The standard InChI is InChI=1S/C25H17Cl2N3O4S/c1-14-9-10-16(12-19(14)26)29-23(31)24(32)30-28-13-15-5-4-6-17(11-15)34-25(33)22-21(27)18-7-2-3-8-20(18)35-22/h2-13H,1H3,(H,29,31)(H,30,32)/b28-13+. The Kier molecular flexibility index (Phi) is 7.45. The summed E-state index contributed by atoms with van der Waals surface area (Å²) in [6.45, 7) is 1.82. The van der Waals surface area contributed by atoms with Gasteiger partial charge < -0.3 is 10.1 Å². The van der Waals surface area contributed by atoms with E-state index in [1.807, 2.05) is 31.2 Å². The van der Waals surface area contributed by atoms with Crippen LogP contribution in [0.2, 0.25) is 10.0 Å². The first-order valence-corrected chi connectivity index (χ1v) is 11.8. The molecule has 10 heteroatoms. The Morgan fingerprint density at radius 3 is 2.54 bits per heavy atom. The predicted octanol–water partition coefficient (Wildman–Crippen LogP) is 5.82. The van der Waals surface area contributed by atoms with E-state index in [1.54, 1.807) is 42.5 Å². The molecule has 3 aromatic carbocycles. The summed E-state index contributed by atoms with van der Waals surface area (Å²) in [5, 5.41) is 7.84. The fourth-order valence-corrected chi connectivity index (χ4v) is 4.60. The van der Waals surface area contributed by atoms with E-state index in [1.165, 1.54) is 17.6 Å². The largest absolute Gasteiger partial charge is 0.422 e. The highest BCUT2D eigenvalue weighted by Crippen LogP contribution is 2.35. The number of nitrogens with one attached hydrogen (secondary N) is 2. The van der Waals surface area contributed by atoms with Crippen molar-refractivity contribution in [2.45, 2.75) is 6.92 Å². The fraction of sp³-hybridized carbons (Fsp3) is 0.0400. The Labute approximate surface area is 214 Å². The molecule has 0 unspecified atom stereocenters. The Hall–Kier alpha value is -3.72. The zero-order valence-electron chi connectivity index (χ0n) is 18.2. The molecule has 0 saturated heterocycles. The van der Waals surface area contributed by atoms with E-state index in [9.17, 15) is 14.4 Å². The van der Waals surface area contributed by atoms with Gasteiger partial charge in [0.05, 0.1) is 11.2 Å². The number of aryl methyl sites for hydroxylation is 1. The van der Waals surface area contributed by atoms with E-state index < -0.39 is 17.8 Å². The number of carbonyl (C=O) groups is 3. The van der Waals surface area contributed by atoms with Crippen LogP contribution in [0.1, 0.15) is 20.8 Å². The van der Waals surface area contributed by atoms with E-state index in [2.05, 4.69) is 15.8 Å². The summed E-state index contributed by atoms with van der Waals surface area (Å²) in [5.74, 6) is -2.16. The quantitative estimate of drug-likeness (QED) is 0.113. The lowest BCUT2D eigenvalue weighted by atomic mass is 10.2. The predicted molar refractivity (Wildman–Crippen MR) is 139 cm³/mol. The number of amides is 2. The number of hydrazone groups is 1. The number of hydrogen-bond donors (Lipinski definition) is 2. The Bertz CT molecular complexity index is 1480. The van der Waals surface area contributed by atoms with Gasteiger partial charge in [0.15, 0.2) is 0 Å². The lowest BCUT2D eigenvalue weighted by Gasteiger charge is -2.06. The number of rotatable bonds is 5. The van der Waals surface area contributed by atoms with Crippen LogP contribution in [0.25, 0.3) is 10.1 Å². The second-order valence-corrected chi connectivity index (χ2v) is 9.16. The van der Waals surface area contributed by atoms with Gasteiger partial charge in [0.1, 0.15) is 10.6 Å². The highest BCUT2D eigenvalue weighted by molar-refractivity contribution is 7.21.